The van der Waals surface area contributed by atoms with Gasteiger partial charge in [0.2, 0.25) is 10.0 Å². The Morgan fingerprint density at radius 1 is 1.44 bits per heavy atom. The third-order valence-electron chi connectivity index (χ3n) is 2.80. The van der Waals surface area contributed by atoms with Gasteiger partial charge in [-0.25, -0.2) is 13.1 Å². The largest absolute Gasteiger partial charge is 0.377 e. The van der Waals surface area contributed by atoms with Crippen LogP contribution in [0.25, 0.3) is 0 Å². The molecule has 1 N–H and O–H groups in total. The number of rotatable bonds is 5. The van der Waals surface area contributed by atoms with Crippen LogP contribution >= 0.6 is 11.6 Å². The van der Waals surface area contributed by atoms with E-state index < -0.39 is 10.0 Å². The number of hydrogen-bond acceptors (Lipinski definition) is 3. The predicted molar refractivity (Wildman–Crippen MR) is 71.1 cm³/mol. The van der Waals surface area contributed by atoms with Crippen molar-refractivity contribution in [3.05, 3.63) is 34.9 Å². The van der Waals surface area contributed by atoms with Crippen molar-refractivity contribution in [3.8, 4) is 0 Å². The van der Waals surface area contributed by atoms with Crippen LogP contribution in [0.3, 0.4) is 0 Å². The summed E-state index contributed by atoms with van der Waals surface area (Å²) in [5.74, 6) is -0.0553. The summed E-state index contributed by atoms with van der Waals surface area (Å²) in [5.41, 5.74) is 0.683. The first kappa shape index (κ1) is 13.8. The molecule has 0 spiro atoms. The lowest BCUT2D eigenvalue weighted by molar-refractivity contribution is 0.114. The van der Waals surface area contributed by atoms with E-state index in [0.717, 1.165) is 19.4 Å². The summed E-state index contributed by atoms with van der Waals surface area (Å²) in [6.45, 7) is 1.07. The standard InChI is InChI=1S/C12H16ClNO3S/c13-11-4-1-3-10(7-11)9-18(15,16)14-8-12-5-2-6-17-12/h1,3-4,7,12,14H,2,5-6,8-9H2/t12-/m0/s1. The van der Waals surface area contributed by atoms with Gasteiger partial charge in [0.25, 0.3) is 0 Å². The monoisotopic (exact) mass is 289 g/mol. The molecule has 1 atom stereocenters. The highest BCUT2D eigenvalue weighted by molar-refractivity contribution is 7.88. The van der Waals surface area contributed by atoms with Crippen LogP contribution in [-0.2, 0) is 20.5 Å². The maximum Gasteiger partial charge on any atom is 0.215 e. The topological polar surface area (TPSA) is 55.4 Å². The van der Waals surface area contributed by atoms with E-state index in [4.69, 9.17) is 16.3 Å². The highest BCUT2D eigenvalue weighted by Crippen LogP contribution is 2.14. The van der Waals surface area contributed by atoms with Gasteiger partial charge in [-0.3, -0.25) is 0 Å². The quantitative estimate of drug-likeness (QED) is 0.901. The van der Waals surface area contributed by atoms with Crippen LogP contribution in [-0.4, -0.2) is 27.7 Å². The lowest BCUT2D eigenvalue weighted by atomic mass is 10.2. The van der Waals surface area contributed by atoms with E-state index in [2.05, 4.69) is 4.72 Å². The van der Waals surface area contributed by atoms with Crippen LogP contribution < -0.4 is 4.72 Å². The van der Waals surface area contributed by atoms with Crippen LogP contribution in [0.1, 0.15) is 18.4 Å². The van der Waals surface area contributed by atoms with Crippen LogP contribution in [0.4, 0.5) is 0 Å². The van der Waals surface area contributed by atoms with Gasteiger partial charge < -0.3 is 4.74 Å². The first-order valence-corrected chi connectivity index (χ1v) is 7.91. The molecule has 0 unspecified atom stereocenters. The average molecular weight is 290 g/mol. The van der Waals surface area contributed by atoms with E-state index in [1.807, 2.05) is 0 Å². The fourth-order valence-electron chi connectivity index (χ4n) is 1.92. The fraction of sp³-hybridized carbons (Fsp3) is 0.500. The third-order valence-corrected chi connectivity index (χ3v) is 4.36. The highest BCUT2D eigenvalue weighted by atomic mass is 35.5. The molecule has 1 saturated heterocycles. The molecule has 0 amide bonds. The number of ether oxygens (including phenoxy) is 1. The minimum Gasteiger partial charge on any atom is -0.377 e. The molecule has 2 rings (SSSR count). The molecule has 1 fully saturated rings. The molecule has 0 bridgehead atoms. The van der Waals surface area contributed by atoms with Gasteiger partial charge in [-0.2, -0.15) is 0 Å². The van der Waals surface area contributed by atoms with E-state index in [9.17, 15) is 8.42 Å². The third kappa shape index (κ3) is 4.24. The molecule has 18 heavy (non-hydrogen) atoms. The SMILES string of the molecule is O=S(=O)(Cc1cccc(Cl)c1)NC[C@@H]1CCCO1. The zero-order valence-corrected chi connectivity index (χ0v) is 11.5. The van der Waals surface area contributed by atoms with Crippen molar-refractivity contribution in [2.24, 2.45) is 0 Å². The average Bonchev–Trinajstić information content (AvgIpc) is 2.78. The van der Waals surface area contributed by atoms with Crippen molar-refractivity contribution in [2.45, 2.75) is 24.7 Å². The molecule has 0 aromatic heterocycles. The lowest BCUT2D eigenvalue weighted by Gasteiger charge is -2.11. The lowest BCUT2D eigenvalue weighted by Crippen LogP contribution is -2.32. The fourth-order valence-corrected chi connectivity index (χ4v) is 3.30. The number of nitrogens with one attached hydrogen (secondary N) is 1. The molecule has 6 heteroatoms. The maximum atomic E-state index is 11.9. The number of benzene rings is 1. The first-order valence-electron chi connectivity index (χ1n) is 5.88. The van der Waals surface area contributed by atoms with Crippen molar-refractivity contribution >= 4 is 21.6 Å². The molecule has 4 nitrogen and oxygen atoms in total. The van der Waals surface area contributed by atoms with E-state index in [-0.39, 0.29) is 11.9 Å². The van der Waals surface area contributed by atoms with Crippen LogP contribution in [0.15, 0.2) is 24.3 Å². The Hall–Kier alpha value is -0.620. The summed E-state index contributed by atoms with van der Waals surface area (Å²) < 4.78 is 31.7. The van der Waals surface area contributed by atoms with Crippen LogP contribution in [0.5, 0.6) is 0 Å². The Balaban J connectivity index is 1.90. The number of hydrogen-bond donors (Lipinski definition) is 1. The summed E-state index contributed by atoms with van der Waals surface area (Å²) >= 11 is 5.82. The Kier molecular flexibility index (Phi) is 4.61. The molecule has 0 aliphatic carbocycles. The van der Waals surface area contributed by atoms with Gasteiger partial charge in [0.1, 0.15) is 0 Å². The highest BCUT2D eigenvalue weighted by Gasteiger charge is 2.19. The van der Waals surface area contributed by atoms with Crippen molar-refractivity contribution in [1.82, 2.24) is 4.72 Å². The summed E-state index contributed by atoms with van der Waals surface area (Å²) in [4.78, 5) is 0. The van der Waals surface area contributed by atoms with Gasteiger partial charge in [0.05, 0.1) is 11.9 Å². The molecule has 1 aliphatic heterocycles. The maximum absolute atomic E-state index is 11.9. The van der Waals surface area contributed by atoms with Gasteiger partial charge in [-0.15, -0.1) is 0 Å². The molecule has 1 aromatic carbocycles. The molecule has 0 radical (unpaired) electrons. The molecular formula is C12H16ClNO3S. The second-order valence-corrected chi connectivity index (χ2v) is 6.62. The van der Waals surface area contributed by atoms with Crippen molar-refractivity contribution in [2.75, 3.05) is 13.2 Å². The molecule has 1 heterocycles. The molecular weight excluding hydrogens is 274 g/mol. The summed E-state index contributed by atoms with van der Waals surface area (Å²) in [6, 6.07) is 6.87. The van der Waals surface area contributed by atoms with Crippen LogP contribution in [0.2, 0.25) is 5.02 Å². The molecule has 1 aliphatic rings. The summed E-state index contributed by atoms with van der Waals surface area (Å²) in [6.07, 6.45) is 1.93. The minimum absolute atomic E-state index is 0.0131. The summed E-state index contributed by atoms with van der Waals surface area (Å²) in [5, 5.41) is 0.543. The molecule has 0 saturated carbocycles. The Bertz CT molecular complexity index is 498. The Labute approximate surface area is 112 Å². The normalized spacial score (nSPS) is 20.2. The van der Waals surface area contributed by atoms with E-state index in [1.54, 1.807) is 24.3 Å². The Morgan fingerprint density at radius 3 is 2.94 bits per heavy atom. The van der Waals surface area contributed by atoms with Crippen molar-refractivity contribution < 1.29 is 13.2 Å². The summed E-state index contributed by atoms with van der Waals surface area (Å²) in [7, 11) is -3.33. The minimum atomic E-state index is -3.33. The van der Waals surface area contributed by atoms with Gasteiger partial charge in [0.15, 0.2) is 0 Å². The zero-order valence-electron chi connectivity index (χ0n) is 9.93. The van der Waals surface area contributed by atoms with Gasteiger partial charge in [0, 0.05) is 18.2 Å². The van der Waals surface area contributed by atoms with Gasteiger partial charge >= 0.3 is 0 Å². The number of sulfonamides is 1. The van der Waals surface area contributed by atoms with E-state index in [0.29, 0.717) is 17.1 Å². The Morgan fingerprint density at radius 2 is 2.28 bits per heavy atom. The second-order valence-electron chi connectivity index (χ2n) is 4.37. The zero-order chi connectivity index (χ0) is 13.0. The van der Waals surface area contributed by atoms with Gasteiger partial charge in [-0.1, -0.05) is 23.7 Å². The van der Waals surface area contributed by atoms with E-state index >= 15 is 0 Å². The first-order chi connectivity index (χ1) is 8.55. The van der Waals surface area contributed by atoms with Crippen molar-refractivity contribution in [3.63, 3.8) is 0 Å². The predicted octanol–water partition coefficient (Wildman–Crippen LogP) is 1.94. The second kappa shape index (κ2) is 6.02. The van der Waals surface area contributed by atoms with Gasteiger partial charge in [-0.05, 0) is 30.5 Å². The smallest absolute Gasteiger partial charge is 0.215 e. The van der Waals surface area contributed by atoms with Crippen molar-refractivity contribution in [1.29, 1.82) is 0 Å². The van der Waals surface area contributed by atoms with Crippen LogP contribution in [0, 0.1) is 0 Å². The molecule has 1 aromatic rings. The molecule has 100 valence electrons. The van der Waals surface area contributed by atoms with E-state index in [1.165, 1.54) is 0 Å². The number of halogens is 1.